The lowest BCUT2D eigenvalue weighted by Crippen LogP contribution is -2.41. The fraction of sp³-hybridized carbons (Fsp3) is 0.412. The number of nitrogens with two attached hydrogens (primary N) is 1. The molecule has 0 amide bonds. The fourth-order valence-corrected chi connectivity index (χ4v) is 3.14. The van der Waals surface area contributed by atoms with Crippen molar-refractivity contribution in [2.75, 3.05) is 43.9 Å². The molecule has 3 N–H and O–H groups in total. The van der Waals surface area contributed by atoms with E-state index in [0.29, 0.717) is 17.5 Å². The molecule has 7 heteroatoms. The van der Waals surface area contributed by atoms with Crippen molar-refractivity contribution in [1.82, 2.24) is 14.9 Å². The molecule has 0 radical (unpaired) electrons. The highest BCUT2D eigenvalue weighted by molar-refractivity contribution is 6.29. The van der Waals surface area contributed by atoms with Crippen molar-refractivity contribution in [3.05, 3.63) is 46.6 Å². The van der Waals surface area contributed by atoms with Crippen molar-refractivity contribution in [2.45, 2.75) is 13.0 Å². The van der Waals surface area contributed by atoms with E-state index in [1.807, 2.05) is 0 Å². The average molecular weight is 348 g/mol. The summed E-state index contributed by atoms with van der Waals surface area (Å²) in [6.45, 7) is 6.15. The topological polar surface area (TPSA) is 76.3 Å². The van der Waals surface area contributed by atoms with Crippen LogP contribution in [0.5, 0.6) is 0 Å². The maximum Gasteiger partial charge on any atom is 0.223 e. The van der Waals surface area contributed by atoms with Crippen LogP contribution in [0.15, 0.2) is 30.3 Å². The van der Waals surface area contributed by atoms with E-state index in [9.17, 15) is 0 Å². The van der Waals surface area contributed by atoms with Gasteiger partial charge in [0.15, 0.2) is 0 Å². The first kappa shape index (κ1) is 17.0. The third kappa shape index (κ3) is 4.35. The van der Waals surface area contributed by atoms with Gasteiger partial charge in [-0.3, -0.25) is 4.90 Å². The normalized spacial score (nSPS) is 16.8. The maximum atomic E-state index is 5.95. The molecule has 2 aromatic rings. The van der Waals surface area contributed by atoms with Gasteiger partial charge < -0.3 is 15.8 Å². The van der Waals surface area contributed by atoms with Crippen LogP contribution < -0.4 is 11.1 Å². The first-order valence-corrected chi connectivity index (χ1v) is 8.42. The van der Waals surface area contributed by atoms with E-state index < -0.39 is 0 Å². The van der Waals surface area contributed by atoms with Crippen LogP contribution in [0.3, 0.4) is 0 Å². The van der Waals surface area contributed by atoms with Crippen molar-refractivity contribution in [3.8, 4) is 0 Å². The molecule has 1 aromatic heterocycles. The zero-order valence-corrected chi connectivity index (χ0v) is 14.5. The van der Waals surface area contributed by atoms with Crippen LogP contribution in [-0.4, -0.2) is 47.7 Å². The third-order valence-corrected chi connectivity index (χ3v) is 4.30. The monoisotopic (exact) mass is 347 g/mol. The molecule has 1 aromatic carbocycles. The highest BCUT2D eigenvalue weighted by Gasteiger charge is 2.22. The Morgan fingerprint density at radius 3 is 2.79 bits per heavy atom. The molecular formula is C17H22ClN5O. The zero-order chi connectivity index (χ0) is 16.9. The number of anilines is 2. The summed E-state index contributed by atoms with van der Waals surface area (Å²) < 4.78 is 5.49. The quantitative estimate of drug-likeness (QED) is 0.809. The van der Waals surface area contributed by atoms with E-state index in [1.165, 1.54) is 11.1 Å². The number of hydrogen-bond acceptors (Lipinski definition) is 6. The molecule has 6 nitrogen and oxygen atoms in total. The summed E-state index contributed by atoms with van der Waals surface area (Å²) in [6.07, 6.45) is 0. The minimum absolute atomic E-state index is 0.170. The van der Waals surface area contributed by atoms with Gasteiger partial charge in [-0.15, -0.1) is 0 Å². The minimum atomic E-state index is 0.170. The van der Waals surface area contributed by atoms with E-state index in [1.54, 1.807) is 6.07 Å². The van der Waals surface area contributed by atoms with Crippen molar-refractivity contribution < 1.29 is 4.74 Å². The lowest BCUT2D eigenvalue weighted by molar-refractivity contribution is 0.0187. The molecule has 0 saturated carbocycles. The number of ether oxygens (including phenoxy) is 1. The number of aromatic nitrogens is 2. The van der Waals surface area contributed by atoms with Gasteiger partial charge in [0.1, 0.15) is 11.0 Å². The van der Waals surface area contributed by atoms with Crippen molar-refractivity contribution in [2.24, 2.45) is 0 Å². The lowest BCUT2D eigenvalue weighted by Gasteiger charge is -2.35. The number of hydrogen-bond donors (Lipinski definition) is 2. The average Bonchev–Trinajstić information content (AvgIpc) is 2.55. The first-order valence-electron chi connectivity index (χ1n) is 8.04. The molecule has 0 aliphatic carbocycles. The fourth-order valence-electron chi connectivity index (χ4n) is 2.95. The van der Waals surface area contributed by atoms with Gasteiger partial charge in [-0.25, -0.2) is 4.98 Å². The molecule has 2 heterocycles. The largest absolute Gasteiger partial charge is 0.379 e. The minimum Gasteiger partial charge on any atom is -0.379 e. The summed E-state index contributed by atoms with van der Waals surface area (Å²) in [5.41, 5.74) is 8.19. The second kappa shape index (κ2) is 7.79. The Kier molecular flexibility index (Phi) is 5.50. The highest BCUT2D eigenvalue weighted by atomic mass is 35.5. The molecule has 0 bridgehead atoms. The second-order valence-electron chi connectivity index (χ2n) is 5.89. The Bertz CT molecular complexity index is 670. The van der Waals surface area contributed by atoms with Gasteiger partial charge in [-0.05, 0) is 12.5 Å². The van der Waals surface area contributed by atoms with Gasteiger partial charge in [0.25, 0.3) is 0 Å². The van der Waals surface area contributed by atoms with E-state index >= 15 is 0 Å². The summed E-state index contributed by atoms with van der Waals surface area (Å²) in [5, 5.41) is 3.68. The molecule has 1 saturated heterocycles. The predicted molar refractivity (Wildman–Crippen MR) is 96.3 cm³/mol. The molecule has 0 spiro atoms. The number of nitrogen functional groups attached to an aromatic ring is 1. The third-order valence-electron chi connectivity index (χ3n) is 4.10. The summed E-state index contributed by atoms with van der Waals surface area (Å²) in [6, 6.07) is 10.5. The summed E-state index contributed by atoms with van der Waals surface area (Å²) in [4.78, 5) is 10.5. The van der Waals surface area contributed by atoms with Crippen molar-refractivity contribution in [1.29, 1.82) is 0 Å². The number of nitrogens with one attached hydrogen (secondary N) is 1. The SMILES string of the molecule is Cc1cccc(C(CNc2cc(Cl)nc(N)n2)N2CCOCC2)c1. The summed E-state index contributed by atoms with van der Waals surface area (Å²) >= 11 is 5.95. The Labute approximate surface area is 147 Å². The Balaban J connectivity index is 1.78. The second-order valence-corrected chi connectivity index (χ2v) is 6.28. The van der Waals surface area contributed by atoms with Crippen LogP contribution in [0.25, 0.3) is 0 Å². The van der Waals surface area contributed by atoms with Gasteiger partial charge in [0.05, 0.1) is 19.3 Å². The van der Waals surface area contributed by atoms with Crippen LogP contribution in [0, 0.1) is 6.92 Å². The number of nitrogens with zero attached hydrogens (tertiary/aromatic N) is 3. The maximum absolute atomic E-state index is 5.95. The van der Waals surface area contributed by atoms with Crippen LogP contribution in [-0.2, 0) is 4.74 Å². The van der Waals surface area contributed by atoms with E-state index in [2.05, 4.69) is 51.4 Å². The number of rotatable bonds is 5. The van der Waals surface area contributed by atoms with Gasteiger partial charge in [-0.1, -0.05) is 41.4 Å². The zero-order valence-electron chi connectivity index (χ0n) is 13.7. The predicted octanol–water partition coefficient (Wildman–Crippen LogP) is 2.51. The van der Waals surface area contributed by atoms with Crippen LogP contribution in [0.1, 0.15) is 17.2 Å². The van der Waals surface area contributed by atoms with E-state index in [4.69, 9.17) is 22.1 Å². The number of morpholine rings is 1. The molecule has 1 aliphatic heterocycles. The summed E-state index contributed by atoms with van der Waals surface area (Å²) in [5.74, 6) is 0.807. The number of aryl methyl sites for hydroxylation is 1. The smallest absolute Gasteiger partial charge is 0.223 e. The highest BCUT2D eigenvalue weighted by Crippen LogP contribution is 2.24. The standard InChI is InChI=1S/C17H22ClN5O/c1-12-3-2-4-13(9-12)14(23-5-7-24-8-6-23)11-20-16-10-15(18)21-17(19)22-16/h2-4,9-10,14H,5-8,11H2,1H3,(H3,19,20,21,22). The van der Waals surface area contributed by atoms with Crippen LogP contribution >= 0.6 is 11.6 Å². The molecule has 1 fully saturated rings. The van der Waals surface area contributed by atoms with Crippen LogP contribution in [0.4, 0.5) is 11.8 Å². The van der Waals surface area contributed by atoms with Gasteiger partial charge >= 0.3 is 0 Å². The van der Waals surface area contributed by atoms with Crippen molar-refractivity contribution in [3.63, 3.8) is 0 Å². The number of halogens is 1. The van der Waals surface area contributed by atoms with Crippen LogP contribution in [0.2, 0.25) is 5.15 Å². The van der Waals surface area contributed by atoms with Gasteiger partial charge in [0.2, 0.25) is 5.95 Å². The molecule has 3 rings (SSSR count). The molecule has 1 aliphatic rings. The summed E-state index contributed by atoms with van der Waals surface area (Å²) in [7, 11) is 0. The van der Waals surface area contributed by atoms with Crippen molar-refractivity contribution >= 4 is 23.4 Å². The van der Waals surface area contributed by atoms with Gasteiger partial charge in [-0.2, -0.15) is 4.98 Å². The Morgan fingerprint density at radius 2 is 2.08 bits per heavy atom. The lowest BCUT2D eigenvalue weighted by atomic mass is 10.0. The first-order chi connectivity index (χ1) is 11.6. The molecule has 128 valence electrons. The molecular weight excluding hydrogens is 326 g/mol. The number of benzene rings is 1. The Hall–Kier alpha value is -1.89. The Morgan fingerprint density at radius 1 is 1.29 bits per heavy atom. The van der Waals surface area contributed by atoms with E-state index in [-0.39, 0.29) is 12.0 Å². The molecule has 24 heavy (non-hydrogen) atoms. The molecule has 1 atom stereocenters. The van der Waals surface area contributed by atoms with Gasteiger partial charge in [0, 0.05) is 25.7 Å². The van der Waals surface area contributed by atoms with E-state index in [0.717, 1.165) is 26.3 Å². The molecule has 1 unspecified atom stereocenters.